The summed E-state index contributed by atoms with van der Waals surface area (Å²) in [5.41, 5.74) is 2.30. The fourth-order valence-electron chi connectivity index (χ4n) is 2.73. The van der Waals surface area contributed by atoms with Crippen LogP contribution in [0.4, 0.5) is 0 Å². The molecule has 1 saturated carbocycles. The van der Waals surface area contributed by atoms with Gasteiger partial charge < -0.3 is 4.57 Å². The smallest absolute Gasteiger partial charge is 0.111 e. The number of benzene rings is 1. The Kier molecular flexibility index (Phi) is 3.86. The van der Waals surface area contributed by atoms with Crippen LogP contribution < -0.4 is 0 Å². The molecule has 19 heavy (non-hydrogen) atoms. The summed E-state index contributed by atoms with van der Waals surface area (Å²) < 4.78 is 3.48. The van der Waals surface area contributed by atoms with Gasteiger partial charge in [-0.3, -0.25) is 0 Å². The zero-order valence-electron chi connectivity index (χ0n) is 11.1. The number of alkyl halides is 1. The van der Waals surface area contributed by atoms with Crippen molar-refractivity contribution in [3.05, 3.63) is 28.5 Å². The summed E-state index contributed by atoms with van der Waals surface area (Å²) in [5.74, 6) is 3.39. The van der Waals surface area contributed by atoms with Crippen LogP contribution in [0.3, 0.4) is 0 Å². The Bertz CT molecular complexity index is 589. The molecule has 1 heterocycles. The van der Waals surface area contributed by atoms with Crippen LogP contribution in [0, 0.1) is 11.8 Å². The number of aromatic nitrogens is 2. The maximum Gasteiger partial charge on any atom is 0.111 e. The van der Waals surface area contributed by atoms with E-state index in [2.05, 4.69) is 45.6 Å². The van der Waals surface area contributed by atoms with Gasteiger partial charge >= 0.3 is 0 Å². The molecule has 0 saturated heterocycles. The highest BCUT2D eigenvalue weighted by Gasteiger charge is 2.28. The summed E-state index contributed by atoms with van der Waals surface area (Å²) in [5, 5.41) is 0. The lowest BCUT2D eigenvalue weighted by molar-refractivity contribution is 0.429. The fourth-order valence-corrected chi connectivity index (χ4v) is 3.25. The molecule has 1 aliphatic rings. The molecule has 0 bridgehead atoms. The van der Waals surface area contributed by atoms with E-state index in [4.69, 9.17) is 16.6 Å². The number of imidazole rings is 1. The maximum atomic E-state index is 5.92. The Hall–Kier alpha value is -0.540. The molecule has 0 radical (unpaired) electrons. The molecule has 102 valence electrons. The molecule has 1 atom stereocenters. The lowest BCUT2D eigenvalue weighted by Gasteiger charge is -2.14. The van der Waals surface area contributed by atoms with Crippen molar-refractivity contribution in [3.8, 4) is 0 Å². The molecule has 2 nitrogen and oxygen atoms in total. The SMILES string of the molecule is CC(Cn1c(CCCl)nc2ccc(Br)cc21)C1CC1. The third-order valence-electron chi connectivity index (χ3n) is 4.00. The summed E-state index contributed by atoms with van der Waals surface area (Å²) in [6, 6.07) is 6.30. The van der Waals surface area contributed by atoms with Gasteiger partial charge in [0.2, 0.25) is 0 Å². The van der Waals surface area contributed by atoms with E-state index in [-0.39, 0.29) is 0 Å². The molecule has 0 N–H and O–H groups in total. The minimum absolute atomic E-state index is 0.627. The summed E-state index contributed by atoms with van der Waals surface area (Å²) in [4.78, 5) is 4.73. The summed E-state index contributed by atoms with van der Waals surface area (Å²) in [6.45, 7) is 3.41. The van der Waals surface area contributed by atoms with Crippen molar-refractivity contribution in [2.24, 2.45) is 11.8 Å². The van der Waals surface area contributed by atoms with Crippen LogP contribution in [-0.4, -0.2) is 15.4 Å². The van der Waals surface area contributed by atoms with Gasteiger partial charge in [-0.1, -0.05) is 22.9 Å². The van der Waals surface area contributed by atoms with Crippen molar-refractivity contribution < 1.29 is 0 Å². The Morgan fingerprint density at radius 1 is 1.47 bits per heavy atom. The summed E-state index contributed by atoms with van der Waals surface area (Å²) in [6.07, 6.45) is 3.62. The Morgan fingerprint density at radius 2 is 2.26 bits per heavy atom. The Balaban J connectivity index is 2.01. The lowest BCUT2D eigenvalue weighted by atomic mass is 10.1. The van der Waals surface area contributed by atoms with Gasteiger partial charge in [-0.15, -0.1) is 11.6 Å². The van der Waals surface area contributed by atoms with E-state index in [0.29, 0.717) is 5.88 Å². The zero-order chi connectivity index (χ0) is 13.4. The Labute approximate surface area is 127 Å². The first kappa shape index (κ1) is 13.4. The number of fused-ring (bicyclic) bond motifs is 1. The van der Waals surface area contributed by atoms with Crippen molar-refractivity contribution in [3.63, 3.8) is 0 Å². The number of hydrogen-bond acceptors (Lipinski definition) is 1. The number of rotatable bonds is 5. The quantitative estimate of drug-likeness (QED) is 0.725. The fraction of sp³-hybridized carbons (Fsp3) is 0.533. The summed E-state index contributed by atoms with van der Waals surface area (Å²) >= 11 is 9.47. The zero-order valence-corrected chi connectivity index (χ0v) is 13.4. The van der Waals surface area contributed by atoms with Crippen LogP contribution in [-0.2, 0) is 13.0 Å². The number of aryl methyl sites for hydroxylation is 1. The monoisotopic (exact) mass is 340 g/mol. The molecule has 1 aromatic heterocycles. The van der Waals surface area contributed by atoms with E-state index in [1.807, 2.05) is 0 Å². The third-order valence-corrected chi connectivity index (χ3v) is 4.69. The number of halogens is 2. The minimum atomic E-state index is 0.627. The van der Waals surface area contributed by atoms with Gasteiger partial charge in [-0.25, -0.2) is 4.98 Å². The van der Waals surface area contributed by atoms with Crippen LogP contribution in [0.1, 0.15) is 25.6 Å². The highest BCUT2D eigenvalue weighted by molar-refractivity contribution is 9.10. The van der Waals surface area contributed by atoms with Crippen molar-refractivity contribution >= 4 is 38.6 Å². The van der Waals surface area contributed by atoms with E-state index in [9.17, 15) is 0 Å². The predicted molar refractivity (Wildman–Crippen MR) is 83.7 cm³/mol. The van der Waals surface area contributed by atoms with E-state index < -0.39 is 0 Å². The van der Waals surface area contributed by atoms with Crippen LogP contribution in [0.2, 0.25) is 0 Å². The van der Waals surface area contributed by atoms with E-state index in [0.717, 1.165) is 40.6 Å². The molecule has 1 unspecified atom stereocenters. The second-order valence-electron chi connectivity index (χ2n) is 5.53. The van der Waals surface area contributed by atoms with E-state index >= 15 is 0 Å². The first-order chi connectivity index (χ1) is 9.19. The third kappa shape index (κ3) is 2.82. The normalized spacial score (nSPS) is 17.0. The van der Waals surface area contributed by atoms with Gasteiger partial charge in [-0.2, -0.15) is 0 Å². The topological polar surface area (TPSA) is 17.8 Å². The van der Waals surface area contributed by atoms with Crippen molar-refractivity contribution in [1.82, 2.24) is 9.55 Å². The predicted octanol–water partition coefficient (Wildman–Crippen LogP) is 4.63. The molecule has 0 amide bonds. The average Bonchev–Trinajstić information content (AvgIpc) is 3.17. The summed E-state index contributed by atoms with van der Waals surface area (Å²) in [7, 11) is 0. The molecule has 2 aromatic rings. The van der Waals surface area contributed by atoms with Crippen LogP contribution in [0.25, 0.3) is 11.0 Å². The van der Waals surface area contributed by atoms with Gasteiger partial charge in [0.15, 0.2) is 0 Å². The van der Waals surface area contributed by atoms with Crippen molar-refractivity contribution in [2.75, 3.05) is 5.88 Å². The first-order valence-electron chi connectivity index (χ1n) is 6.89. The standard InChI is InChI=1S/C15H18BrClN2/c1-10(11-2-3-11)9-19-14-8-12(16)4-5-13(14)18-15(19)6-7-17/h4-5,8,10-11H,2-3,6-7,9H2,1H3. The van der Waals surface area contributed by atoms with Crippen LogP contribution >= 0.6 is 27.5 Å². The van der Waals surface area contributed by atoms with Gasteiger partial charge in [0, 0.05) is 23.3 Å². The van der Waals surface area contributed by atoms with Crippen LogP contribution in [0.15, 0.2) is 22.7 Å². The second-order valence-corrected chi connectivity index (χ2v) is 6.82. The molecule has 1 fully saturated rings. The minimum Gasteiger partial charge on any atom is -0.328 e. The lowest BCUT2D eigenvalue weighted by Crippen LogP contribution is -2.12. The van der Waals surface area contributed by atoms with Crippen molar-refractivity contribution in [1.29, 1.82) is 0 Å². The first-order valence-corrected chi connectivity index (χ1v) is 8.22. The molecule has 0 aliphatic heterocycles. The Morgan fingerprint density at radius 3 is 2.95 bits per heavy atom. The van der Waals surface area contributed by atoms with Gasteiger partial charge in [0.1, 0.15) is 5.82 Å². The van der Waals surface area contributed by atoms with Gasteiger partial charge in [0.05, 0.1) is 11.0 Å². The largest absolute Gasteiger partial charge is 0.328 e. The molecular weight excluding hydrogens is 324 g/mol. The molecule has 4 heteroatoms. The molecular formula is C15H18BrClN2. The van der Waals surface area contributed by atoms with Gasteiger partial charge in [-0.05, 0) is 42.9 Å². The van der Waals surface area contributed by atoms with Gasteiger partial charge in [0.25, 0.3) is 0 Å². The molecule has 1 aromatic carbocycles. The van der Waals surface area contributed by atoms with E-state index in [1.54, 1.807) is 0 Å². The molecule has 1 aliphatic carbocycles. The molecule has 3 rings (SSSR count). The number of nitrogens with zero attached hydrogens (tertiary/aromatic N) is 2. The number of hydrogen-bond donors (Lipinski definition) is 0. The van der Waals surface area contributed by atoms with E-state index in [1.165, 1.54) is 18.4 Å². The maximum absolute atomic E-state index is 5.92. The van der Waals surface area contributed by atoms with Crippen LogP contribution in [0.5, 0.6) is 0 Å². The highest BCUT2D eigenvalue weighted by Crippen LogP contribution is 2.38. The van der Waals surface area contributed by atoms with Crippen molar-refractivity contribution in [2.45, 2.75) is 32.7 Å². The second kappa shape index (κ2) is 5.45. The molecule has 0 spiro atoms. The highest BCUT2D eigenvalue weighted by atomic mass is 79.9. The average molecular weight is 342 g/mol.